The van der Waals surface area contributed by atoms with Crippen LogP contribution in [0.2, 0.25) is 0 Å². The summed E-state index contributed by atoms with van der Waals surface area (Å²) in [5.41, 5.74) is 4.79. The number of benzene rings is 2. The summed E-state index contributed by atoms with van der Waals surface area (Å²) in [4.78, 5) is 10.4. The van der Waals surface area contributed by atoms with E-state index in [-0.39, 0.29) is 0 Å². The van der Waals surface area contributed by atoms with E-state index in [1.165, 1.54) is 53.2 Å². The van der Waals surface area contributed by atoms with Crippen molar-refractivity contribution in [1.82, 2.24) is 15.3 Å². The van der Waals surface area contributed by atoms with Crippen LogP contribution in [-0.4, -0.2) is 36.6 Å². The molecular formula is C27H32BrN5. The van der Waals surface area contributed by atoms with E-state index in [4.69, 9.17) is 4.98 Å². The average molecular weight is 506 g/mol. The minimum Gasteiger partial charge on any atom is -0.377 e. The van der Waals surface area contributed by atoms with E-state index in [2.05, 4.69) is 105 Å². The molecule has 1 aliphatic carbocycles. The quantitative estimate of drug-likeness (QED) is 0.275. The number of aromatic nitrogens is 2. The first-order chi connectivity index (χ1) is 16.1. The van der Waals surface area contributed by atoms with Gasteiger partial charge in [0.1, 0.15) is 5.82 Å². The summed E-state index contributed by atoms with van der Waals surface area (Å²) in [5, 5.41) is 9.92. The standard InChI is InChI=1S/C27H32BrN5/c1-33(2)26-14-27(32-25-6-4-3-5-22(25)26)31-21-10-7-18(8-11-21)15-29-16-19-17-30-24-12-9-20(28)13-23(19)24/h3-6,9,12-14,17-18,21,29-30H,7-8,10-11,15-16H2,1-2H3,(H,31,32)/t18-,21+. The molecule has 0 saturated heterocycles. The fraction of sp³-hybridized carbons (Fsp3) is 0.370. The largest absolute Gasteiger partial charge is 0.377 e. The SMILES string of the molecule is CN(C)c1cc(N[C@H]2CC[C@@H](CNCc3c[nH]c4ccc(Br)cc34)CC2)nc2ccccc12. The minimum absolute atomic E-state index is 0.496. The summed E-state index contributed by atoms with van der Waals surface area (Å²) in [6, 6.07) is 17.5. The lowest BCUT2D eigenvalue weighted by Crippen LogP contribution is -2.31. The molecule has 1 saturated carbocycles. The number of nitrogens with zero attached hydrogens (tertiary/aromatic N) is 2. The Hall–Kier alpha value is -2.57. The van der Waals surface area contributed by atoms with Crippen molar-refractivity contribution in [3.05, 3.63) is 64.8 Å². The van der Waals surface area contributed by atoms with Crippen molar-refractivity contribution in [2.24, 2.45) is 5.92 Å². The smallest absolute Gasteiger partial charge is 0.128 e. The van der Waals surface area contributed by atoms with Gasteiger partial charge < -0.3 is 20.5 Å². The number of anilines is 2. The molecule has 1 aliphatic rings. The van der Waals surface area contributed by atoms with Crippen molar-refractivity contribution >= 4 is 49.2 Å². The van der Waals surface area contributed by atoms with E-state index < -0.39 is 0 Å². The maximum absolute atomic E-state index is 4.88. The third kappa shape index (κ3) is 5.02. The van der Waals surface area contributed by atoms with Crippen LogP contribution in [0.15, 0.2) is 59.2 Å². The van der Waals surface area contributed by atoms with Gasteiger partial charge >= 0.3 is 0 Å². The van der Waals surface area contributed by atoms with Crippen LogP contribution in [-0.2, 0) is 6.54 Å². The lowest BCUT2D eigenvalue weighted by Gasteiger charge is -2.30. The summed E-state index contributed by atoms with van der Waals surface area (Å²) in [5.74, 6) is 1.73. The summed E-state index contributed by atoms with van der Waals surface area (Å²) in [7, 11) is 4.19. The van der Waals surface area contributed by atoms with Crippen molar-refractivity contribution in [2.45, 2.75) is 38.3 Å². The van der Waals surface area contributed by atoms with Crippen LogP contribution in [0.25, 0.3) is 21.8 Å². The lowest BCUT2D eigenvalue weighted by molar-refractivity contribution is 0.324. The number of fused-ring (bicyclic) bond motifs is 2. The molecule has 4 aromatic rings. The normalized spacial score (nSPS) is 18.6. The number of hydrogen-bond acceptors (Lipinski definition) is 4. The molecule has 0 amide bonds. The van der Waals surface area contributed by atoms with Crippen molar-refractivity contribution in [3.8, 4) is 0 Å². The van der Waals surface area contributed by atoms with Crippen LogP contribution in [0, 0.1) is 5.92 Å². The summed E-state index contributed by atoms with van der Waals surface area (Å²) in [6.07, 6.45) is 7.01. The Balaban J connectivity index is 1.14. The number of rotatable bonds is 7. The Morgan fingerprint density at radius 2 is 1.85 bits per heavy atom. The van der Waals surface area contributed by atoms with Gasteiger partial charge in [0.25, 0.3) is 0 Å². The number of halogens is 1. The van der Waals surface area contributed by atoms with Gasteiger partial charge in [0.15, 0.2) is 0 Å². The number of hydrogen-bond donors (Lipinski definition) is 3. The predicted molar refractivity (Wildman–Crippen MR) is 143 cm³/mol. The molecule has 172 valence electrons. The molecule has 0 atom stereocenters. The van der Waals surface area contributed by atoms with E-state index in [0.717, 1.165) is 34.8 Å². The van der Waals surface area contributed by atoms with Crippen LogP contribution in [0.5, 0.6) is 0 Å². The highest BCUT2D eigenvalue weighted by atomic mass is 79.9. The van der Waals surface area contributed by atoms with E-state index >= 15 is 0 Å². The number of pyridine rings is 1. The third-order valence-corrected chi connectivity index (χ3v) is 7.35. The zero-order valence-corrected chi connectivity index (χ0v) is 21.0. The fourth-order valence-corrected chi connectivity index (χ4v) is 5.39. The Morgan fingerprint density at radius 3 is 2.67 bits per heavy atom. The van der Waals surface area contributed by atoms with Gasteiger partial charge in [0.2, 0.25) is 0 Å². The van der Waals surface area contributed by atoms with Gasteiger partial charge in [-0.3, -0.25) is 0 Å². The van der Waals surface area contributed by atoms with E-state index in [9.17, 15) is 0 Å². The topological polar surface area (TPSA) is 56.0 Å². The van der Waals surface area contributed by atoms with Crippen LogP contribution in [0.4, 0.5) is 11.5 Å². The number of aromatic amines is 1. The van der Waals surface area contributed by atoms with Gasteiger partial charge in [-0.25, -0.2) is 4.98 Å². The molecular weight excluding hydrogens is 474 g/mol. The Labute approximate surface area is 204 Å². The van der Waals surface area contributed by atoms with Crippen LogP contribution in [0.1, 0.15) is 31.2 Å². The first-order valence-electron chi connectivity index (χ1n) is 11.9. The van der Waals surface area contributed by atoms with Gasteiger partial charge in [-0.2, -0.15) is 0 Å². The van der Waals surface area contributed by atoms with Gasteiger partial charge in [-0.1, -0.05) is 34.1 Å². The van der Waals surface area contributed by atoms with Gasteiger partial charge in [0.05, 0.1) is 5.52 Å². The van der Waals surface area contributed by atoms with Crippen molar-refractivity contribution < 1.29 is 0 Å². The second-order valence-electron chi connectivity index (χ2n) is 9.43. The Kier molecular flexibility index (Phi) is 6.56. The average Bonchev–Trinajstić information content (AvgIpc) is 3.21. The molecule has 0 unspecified atom stereocenters. The molecule has 2 aromatic heterocycles. The maximum atomic E-state index is 4.88. The van der Waals surface area contributed by atoms with Gasteiger partial charge in [0, 0.05) is 65.4 Å². The van der Waals surface area contributed by atoms with E-state index in [1.54, 1.807) is 0 Å². The van der Waals surface area contributed by atoms with E-state index in [0.29, 0.717) is 6.04 Å². The minimum atomic E-state index is 0.496. The zero-order chi connectivity index (χ0) is 22.8. The highest BCUT2D eigenvalue weighted by Crippen LogP contribution is 2.30. The number of nitrogens with one attached hydrogen (secondary N) is 3. The fourth-order valence-electron chi connectivity index (χ4n) is 5.03. The second-order valence-corrected chi connectivity index (χ2v) is 10.4. The number of H-pyrrole nitrogens is 1. The first-order valence-corrected chi connectivity index (χ1v) is 12.7. The van der Waals surface area contributed by atoms with Crippen molar-refractivity contribution in [1.29, 1.82) is 0 Å². The van der Waals surface area contributed by atoms with E-state index in [1.807, 2.05) is 0 Å². The molecule has 0 radical (unpaired) electrons. The van der Waals surface area contributed by atoms with Crippen LogP contribution < -0.4 is 15.5 Å². The Bertz CT molecular complexity index is 1240. The Morgan fingerprint density at radius 1 is 1.03 bits per heavy atom. The summed E-state index contributed by atoms with van der Waals surface area (Å²) < 4.78 is 1.13. The molecule has 2 aromatic carbocycles. The zero-order valence-electron chi connectivity index (χ0n) is 19.4. The lowest BCUT2D eigenvalue weighted by atomic mass is 9.86. The number of para-hydroxylation sites is 1. The molecule has 6 heteroatoms. The highest BCUT2D eigenvalue weighted by molar-refractivity contribution is 9.10. The van der Waals surface area contributed by atoms with Crippen LogP contribution in [0.3, 0.4) is 0 Å². The summed E-state index contributed by atoms with van der Waals surface area (Å²) >= 11 is 3.59. The maximum Gasteiger partial charge on any atom is 0.128 e. The van der Waals surface area contributed by atoms with Gasteiger partial charge in [-0.15, -0.1) is 0 Å². The third-order valence-electron chi connectivity index (χ3n) is 6.85. The molecule has 5 rings (SSSR count). The molecule has 0 bridgehead atoms. The molecule has 5 nitrogen and oxygen atoms in total. The monoisotopic (exact) mass is 505 g/mol. The van der Waals surface area contributed by atoms with Gasteiger partial charge in [-0.05, 0) is 68.0 Å². The highest BCUT2D eigenvalue weighted by Gasteiger charge is 2.21. The summed E-state index contributed by atoms with van der Waals surface area (Å²) in [6.45, 7) is 1.98. The molecule has 33 heavy (non-hydrogen) atoms. The second kappa shape index (κ2) is 9.74. The molecule has 1 fully saturated rings. The van der Waals surface area contributed by atoms with Crippen molar-refractivity contribution in [3.63, 3.8) is 0 Å². The molecule has 0 spiro atoms. The van der Waals surface area contributed by atoms with Crippen LogP contribution >= 0.6 is 15.9 Å². The predicted octanol–water partition coefficient (Wildman–Crippen LogP) is 6.31. The van der Waals surface area contributed by atoms with Crippen molar-refractivity contribution in [2.75, 3.05) is 30.9 Å². The first kappa shape index (κ1) is 22.2. The molecule has 2 heterocycles. The molecule has 3 N–H and O–H groups in total. The molecule has 0 aliphatic heterocycles.